The van der Waals surface area contributed by atoms with Crippen LogP contribution in [-0.4, -0.2) is 34.7 Å². The first kappa shape index (κ1) is 11.6. The lowest BCUT2D eigenvalue weighted by atomic mass is 9.96. The molecule has 5 N–H and O–H groups in total. The van der Waals surface area contributed by atoms with Gasteiger partial charge in [0, 0.05) is 18.4 Å². The van der Waals surface area contributed by atoms with E-state index in [2.05, 4.69) is 0 Å². The molecule has 0 rings (SSSR count). The highest BCUT2D eigenvalue weighted by molar-refractivity contribution is 5.87. The van der Waals surface area contributed by atoms with E-state index in [1.165, 1.54) is 0 Å². The molecule has 4 nitrogen and oxygen atoms in total. The SMILES string of the molecule is CC(C)C(=N)[C@@H](O)C(N)CCO. The topological polar surface area (TPSA) is 90.3 Å². The molecule has 0 spiro atoms. The Morgan fingerprint density at radius 3 is 2.33 bits per heavy atom. The molecular formula is C8H18N2O2. The van der Waals surface area contributed by atoms with Crippen molar-refractivity contribution in [1.82, 2.24) is 0 Å². The van der Waals surface area contributed by atoms with Crippen LogP contribution >= 0.6 is 0 Å². The summed E-state index contributed by atoms with van der Waals surface area (Å²) in [4.78, 5) is 0. The minimum atomic E-state index is -0.919. The summed E-state index contributed by atoms with van der Waals surface area (Å²) in [7, 11) is 0. The Morgan fingerprint density at radius 1 is 1.50 bits per heavy atom. The normalized spacial score (nSPS) is 16.2. The third-order valence-corrected chi connectivity index (χ3v) is 1.81. The fourth-order valence-corrected chi connectivity index (χ4v) is 0.879. The van der Waals surface area contributed by atoms with Crippen molar-refractivity contribution in [2.75, 3.05) is 6.61 Å². The van der Waals surface area contributed by atoms with E-state index < -0.39 is 12.1 Å². The van der Waals surface area contributed by atoms with Crippen LogP contribution in [0.1, 0.15) is 20.3 Å². The Kier molecular flexibility index (Phi) is 5.04. The molecular weight excluding hydrogens is 156 g/mol. The molecule has 0 aliphatic rings. The molecule has 0 aliphatic heterocycles. The maximum atomic E-state index is 9.43. The number of aliphatic hydroxyl groups excluding tert-OH is 2. The van der Waals surface area contributed by atoms with E-state index in [1.807, 2.05) is 13.8 Å². The molecule has 4 heteroatoms. The Hall–Kier alpha value is -0.450. The second-order valence-electron chi connectivity index (χ2n) is 3.23. The van der Waals surface area contributed by atoms with E-state index in [-0.39, 0.29) is 18.2 Å². The molecule has 0 aromatic carbocycles. The van der Waals surface area contributed by atoms with Gasteiger partial charge in [-0.3, -0.25) is 0 Å². The maximum absolute atomic E-state index is 9.43. The van der Waals surface area contributed by atoms with Gasteiger partial charge in [0.1, 0.15) is 6.10 Å². The van der Waals surface area contributed by atoms with Crippen molar-refractivity contribution in [3.05, 3.63) is 0 Å². The predicted octanol–water partition coefficient (Wildman–Crippen LogP) is -0.267. The van der Waals surface area contributed by atoms with Crippen LogP contribution in [-0.2, 0) is 0 Å². The van der Waals surface area contributed by atoms with Gasteiger partial charge in [-0.1, -0.05) is 13.8 Å². The monoisotopic (exact) mass is 174 g/mol. The maximum Gasteiger partial charge on any atom is 0.107 e. The summed E-state index contributed by atoms with van der Waals surface area (Å²) in [5.41, 5.74) is 5.75. The van der Waals surface area contributed by atoms with Crippen LogP contribution < -0.4 is 5.73 Å². The smallest absolute Gasteiger partial charge is 0.107 e. The van der Waals surface area contributed by atoms with Gasteiger partial charge < -0.3 is 21.4 Å². The molecule has 0 radical (unpaired) electrons. The van der Waals surface area contributed by atoms with Crippen molar-refractivity contribution < 1.29 is 10.2 Å². The molecule has 0 saturated carbocycles. The summed E-state index contributed by atoms with van der Waals surface area (Å²) in [6.07, 6.45) is -0.590. The lowest BCUT2D eigenvalue weighted by Crippen LogP contribution is -2.42. The number of aliphatic hydroxyl groups is 2. The van der Waals surface area contributed by atoms with E-state index in [1.54, 1.807) is 0 Å². The first-order chi connectivity index (χ1) is 5.50. The van der Waals surface area contributed by atoms with Gasteiger partial charge in [-0.05, 0) is 12.3 Å². The average molecular weight is 174 g/mol. The standard InChI is InChI=1S/C8H18N2O2/c1-5(2)7(10)8(12)6(9)3-4-11/h5-6,8,10-12H,3-4,9H2,1-2H3/t6?,8-/m0/s1. The lowest BCUT2D eigenvalue weighted by Gasteiger charge is -2.20. The minimum Gasteiger partial charge on any atom is -0.396 e. The second-order valence-corrected chi connectivity index (χ2v) is 3.23. The van der Waals surface area contributed by atoms with E-state index in [0.29, 0.717) is 6.42 Å². The summed E-state index contributed by atoms with van der Waals surface area (Å²) < 4.78 is 0. The number of rotatable bonds is 5. The molecule has 0 heterocycles. The predicted molar refractivity (Wildman–Crippen MR) is 48.2 cm³/mol. The van der Waals surface area contributed by atoms with Gasteiger partial charge in [0.05, 0.1) is 0 Å². The number of nitrogens with two attached hydrogens (primary N) is 1. The van der Waals surface area contributed by atoms with Crippen LogP contribution in [0.4, 0.5) is 0 Å². The van der Waals surface area contributed by atoms with Crippen molar-refractivity contribution in [2.24, 2.45) is 11.7 Å². The van der Waals surface area contributed by atoms with Gasteiger partial charge in [-0.2, -0.15) is 0 Å². The van der Waals surface area contributed by atoms with Crippen LogP contribution in [0.2, 0.25) is 0 Å². The number of nitrogens with one attached hydrogen (secondary N) is 1. The summed E-state index contributed by atoms with van der Waals surface area (Å²) in [5, 5.41) is 25.4. The van der Waals surface area contributed by atoms with Gasteiger partial charge >= 0.3 is 0 Å². The summed E-state index contributed by atoms with van der Waals surface area (Å²) in [6, 6.07) is -0.523. The van der Waals surface area contributed by atoms with Crippen molar-refractivity contribution >= 4 is 5.71 Å². The molecule has 72 valence electrons. The highest BCUT2D eigenvalue weighted by Crippen LogP contribution is 2.04. The summed E-state index contributed by atoms with van der Waals surface area (Å²) in [5.74, 6) is 0.00439. The fraction of sp³-hybridized carbons (Fsp3) is 0.875. The molecule has 0 amide bonds. The van der Waals surface area contributed by atoms with Gasteiger partial charge in [0.25, 0.3) is 0 Å². The third-order valence-electron chi connectivity index (χ3n) is 1.81. The van der Waals surface area contributed by atoms with E-state index in [0.717, 1.165) is 0 Å². The van der Waals surface area contributed by atoms with Crippen LogP contribution in [0.5, 0.6) is 0 Å². The molecule has 0 aliphatic carbocycles. The van der Waals surface area contributed by atoms with E-state index >= 15 is 0 Å². The highest BCUT2D eigenvalue weighted by Gasteiger charge is 2.20. The third kappa shape index (κ3) is 3.30. The van der Waals surface area contributed by atoms with Crippen molar-refractivity contribution in [1.29, 1.82) is 5.41 Å². The van der Waals surface area contributed by atoms with E-state index in [4.69, 9.17) is 16.2 Å². The Morgan fingerprint density at radius 2 is 2.00 bits per heavy atom. The Bertz CT molecular complexity index is 148. The average Bonchev–Trinajstić information content (AvgIpc) is 2.02. The zero-order chi connectivity index (χ0) is 9.72. The fourth-order valence-electron chi connectivity index (χ4n) is 0.879. The molecule has 0 fully saturated rings. The first-order valence-corrected chi connectivity index (χ1v) is 4.13. The van der Waals surface area contributed by atoms with Crippen LogP contribution in [0, 0.1) is 11.3 Å². The van der Waals surface area contributed by atoms with Crippen molar-refractivity contribution in [3.8, 4) is 0 Å². The molecule has 0 aromatic rings. The molecule has 0 aromatic heterocycles. The first-order valence-electron chi connectivity index (χ1n) is 4.13. The zero-order valence-corrected chi connectivity index (χ0v) is 7.62. The quantitative estimate of drug-likeness (QED) is 0.432. The Labute approximate surface area is 72.9 Å². The molecule has 1 unspecified atom stereocenters. The van der Waals surface area contributed by atoms with Crippen LogP contribution in [0.3, 0.4) is 0 Å². The molecule has 0 saturated heterocycles. The van der Waals surface area contributed by atoms with Crippen LogP contribution in [0.25, 0.3) is 0 Å². The molecule has 12 heavy (non-hydrogen) atoms. The number of hydrogen-bond donors (Lipinski definition) is 4. The minimum absolute atomic E-state index is 0.00439. The largest absolute Gasteiger partial charge is 0.396 e. The highest BCUT2D eigenvalue weighted by atomic mass is 16.3. The zero-order valence-electron chi connectivity index (χ0n) is 7.62. The summed E-state index contributed by atoms with van der Waals surface area (Å²) >= 11 is 0. The summed E-state index contributed by atoms with van der Waals surface area (Å²) in [6.45, 7) is 3.61. The van der Waals surface area contributed by atoms with Gasteiger partial charge in [-0.25, -0.2) is 0 Å². The lowest BCUT2D eigenvalue weighted by molar-refractivity contribution is 0.177. The van der Waals surface area contributed by atoms with Crippen molar-refractivity contribution in [2.45, 2.75) is 32.4 Å². The van der Waals surface area contributed by atoms with Gasteiger partial charge in [0.2, 0.25) is 0 Å². The Balaban J connectivity index is 4.00. The van der Waals surface area contributed by atoms with Gasteiger partial charge in [-0.15, -0.1) is 0 Å². The molecule has 0 bridgehead atoms. The second kappa shape index (κ2) is 5.24. The van der Waals surface area contributed by atoms with E-state index in [9.17, 15) is 5.11 Å². The number of hydrogen-bond acceptors (Lipinski definition) is 4. The van der Waals surface area contributed by atoms with Gasteiger partial charge in [0.15, 0.2) is 0 Å². The van der Waals surface area contributed by atoms with Crippen molar-refractivity contribution in [3.63, 3.8) is 0 Å². The molecule has 2 atom stereocenters. The van der Waals surface area contributed by atoms with Crippen LogP contribution in [0.15, 0.2) is 0 Å².